The first-order valence-corrected chi connectivity index (χ1v) is 7.75. The van der Waals surface area contributed by atoms with Gasteiger partial charge in [-0.05, 0) is 26.2 Å². The van der Waals surface area contributed by atoms with Crippen LogP contribution in [0.15, 0.2) is 0 Å². The lowest BCUT2D eigenvalue weighted by molar-refractivity contribution is -0.147. The average molecular weight is 256 g/mol. The van der Waals surface area contributed by atoms with Crippen molar-refractivity contribution in [1.29, 1.82) is 0 Å². The van der Waals surface area contributed by atoms with Crippen molar-refractivity contribution in [1.82, 2.24) is 0 Å². The van der Waals surface area contributed by atoms with Gasteiger partial charge in [0, 0.05) is 6.42 Å². The molecule has 2 nitrogen and oxygen atoms in total. The van der Waals surface area contributed by atoms with Crippen LogP contribution in [0.3, 0.4) is 0 Å². The van der Waals surface area contributed by atoms with Gasteiger partial charge < -0.3 is 4.74 Å². The molecule has 0 aliphatic carbocycles. The normalized spacial score (nSPS) is 12.7. The van der Waals surface area contributed by atoms with Crippen LogP contribution < -0.4 is 0 Å². The first-order valence-electron chi connectivity index (χ1n) is 7.75. The third-order valence-corrected chi connectivity index (χ3v) is 3.39. The second-order valence-electron chi connectivity index (χ2n) is 5.71. The Balaban J connectivity index is 3.19. The minimum Gasteiger partial charge on any atom is -0.463 e. The Hall–Kier alpha value is -0.530. The highest BCUT2D eigenvalue weighted by Gasteiger charge is 2.04. The summed E-state index contributed by atoms with van der Waals surface area (Å²) in [6.45, 7) is 8.39. The Morgan fingerprint density at radius 2 is 1.50 bits per heavy atom. The van der Waals surface area contributed by atoms with E-state index in [-0.39, 0.29) is 12.1 Å². The summed E-state index contributed by atoms with van der Waals surface area (Å²) in [7, 11) is 0. The van der Waals surface area contributed by atoms with Gasteiger partial charge in [-0.15, -0.1) is 0 Å². The van der Waals surface area contributed by atoms with Crippen LogP contribution in [0.25, 0.3) is 0 Å². The van der Waals surface area contributed by atoms with Gasteiger partial charge in [0.2, 0.25) is 0 Å². The van der Waals surface area contributed by atoms with E-state index in [0.29, 0.717) is 6.42 Å². The first-order chi connectivity index (χ1) is 8.56. The van der Waals surface area contributed by atoms with Gasteiger partial charge in [-0.3, -0.25) is 4.79 Å². The molecule has 0 aliphatic rings. The van der Waals surface area contributed by atoms with Crippen LogP contribution in [-0.4, -0.2) is 12.1 Å². The van der Waals surface area contributed by atoms with Crippen LogP contribution in [-0.2, 0) is 9.53 Å². The van der Waals surface area contributed by atoms with Crippen LogP contribution in [0.2, 0.25) is 0 Å². The molecule has 0 bridgehead atoms. The smallest absolute Gasteiger partial charge is 0.306 e. The van der Waals surface area contributed by atoms with Crippen molar-refractivity contribution in [3.8, 4) is 0 Å². The van der Waals surface area contributed by atoms with Crippen LogP contribution in [0.5, 0.6) is 0 Å². The molecular weight excluding hydrogens is 224 g/mol. The summed E-state index contributed by atoms with van der Waals surface area (Å²) in [6, 6.07) is 0. The van der Waals surface area contributed by atoms with Gasteiger partial charge in [-0.1, -0.05) is 58.8 Å². The lowest BCUT2D eigenvalue weighted by Gasteiger charge is -2.08. The Kier molecular flexibility index (Phi) is 11.2. The summed E-state index contributed by atoms with van der Waals surface area (Å²) in [4.78, 5) is 11.3. The van der Waals surface area contributed by atoms with Crippen LogP contribution in [0.1, 0.15) is 85.5 Å². The van der Waals surface area contributed by atoms with Crippen molar-refractivity contribution in [3.05, 3.63) is 0 Å². The van der Waals surface area contributed by atoms with Crippen LogP contribution >= 0.6 is 0 Å². The zero-order valence-corrected chi connectivity index (χ0v) is 12.8. The van der Waals surface area contributed by atoms with Gasteiger partial charge in [-0.25, -0.2) is 0 Å². The SMILES string of the molecule is CCC(C)CCCCCCCCC(=O)OC(C)C. The van der Waals surface area contributed by atoms with E-state index in [1.807, 2.05) is 13.8 Å². The summed E-state index contributed by atoms with van der Waals surface area (Å²) in [5, 5.41) is 0. The second-order valence-corrected chi connectivity index (χ2v) is 5.71. The Morgan fingerprint density at radius 1 is 0.944 bits per heavy atom. The van der Waals surface area contributed by atoms with Gasteiger partial charge in [0.1, 0.15) is 0 Å². The number of esters is 1. The molecule has 1 unspecified atom stereocenters. The molecule has 0 fully saturated rings. The second kappa shape index (κ2) is 11.6. The fourth-order valence-electron chi connectivity index (χ4n) is 2.00. The number of rotatable bonds is 11. The molecule has 0 amide bonds. The van der Waals surface area contributed by atoms with Crippen molar-refractivity contribution in [2.24, 2.45) is 5.92 Å². The maximum atomic E-state index is 11.3. The molecule has 0 aromatic heterocycles. The van der Waals surface area contributed by atoms with E-state index < -0.39 is 0 Å². The number of hydrogen-bond donors (Lipinski definition) is 0. The van der Waals surface area contributed by atoms with E-state index in [4.69, 9.17) is 4.74 Å². The molecule has 0 spiro atoms. The molecule has 0 aromatic carbocycles. The number of unbranched alkanes of at least 4 members (excludes halogenated alkanes) is 5. The van der Waals surface area contributed by atoms with Gasteiger partial charge in [0.25, 0.3) is 0 Å². The van der Waals surface area contributed by atoms with Crippen molar-refractivity contribution in [3.63, 3.8) is 0 Å². The van der Waals surface area contributed by atoms with Crippen molar-refractivity contribution < 1.29 is 9.53 Å². The summed E-state index contributed by atoms with van der Waals surface area (Å²) >= 11 is 0. The molecule has 1 atom stereocenters. The molecule has 0 saturated carbocycles. The summed E-state index contributed by atoms with van der Waals surface area (Å²) in [5.41, 5.74) is 0. The third-order valence-electron chi connectivity index (χ3n) is 3.39. The number of carbonyl (C=O) groups is 1. The Morgan fingerprint density at radius 3 is 2.06 bits per heavy atom. The van der Waals surface area contributed by atoms with Crippen molar-refractivity contribution >= 4 is 5.97 Å². The van der Waals surface area contributed by atoms with E-state index in [1.54, 1.807) is 0 Å². The lowest BCUT2D eigenvalue weighted by Crippen LogP contribution is -2.10. The van der Waals surface area contributed by atoms with E-state index >= 15 is 0 Å². The molecule has 0 aromatic rings. The number of carbonyl (C=O) groups excluding carboxylic acids is 1. The molecule has 0 N–H and O–H groups in total. The molecule has 0 saturated heterocycles. The van der Waals surface area contributed by atoms with E-state index in [0.717, 1.165) is 18.8 Å². The topological polar surface area (TPSA) is 26.3 Å². The fraction of sp³-hybridized carbons (Fsp3) is 0.938. The minimum absolute atomic E-state index is 0.0260. The number of hydrogen-bond acceptors (Lipinski definition) is 2. The number of ether oxygens (including phenoxy) is 1. The first kappa shape index (κ1) is 17.5. The molecule has 2 heteroatoms. The van der Waals surface area contributed by atoms with E-state index in [2.05, 4.69) is 13.8 Å². The third kappa shape index (κ3) is 11.9. The monoisotopic (exact) mass is 256 g/mol. The quantitative estimate of drug-likeness (QED) is 0.379. The molecule has 18 heavy (non-hydrogen) atoms. The Bertz CT molecular complexity index is 199. The van der Waals surface area contributed by atoms with Gasteiger partial charge in [0.05, 0.1) is 6.10 Å². The molecule has 0 rings (SSSR count). The summed E-state index contributed by atoms with van der Waals surface area (Å²) in [6.07, 6.45) is 10.7. The summed E-state index contributed by atoms with van der Waals surface area (Å²) < 4.78 is 5.10. The standard InChI is InChI=1S/C16H32O2/c1-5-15(4)12-10-8-6-7-9-11-13-16(17)18-14(2)3/h14-15H,5-13H2,1-4H3. The van der Waals surface area contributed by atoms with Crippen molar-refractivity contribution in [2.45, 2.75) is 91.6 Å². The zero-order chi connectivity index (χ0) is 13.8. The molecule has 0 heterocycles. The van der Waals surface area contributed by atoms with Crippen molar-refractivity contribution in [2.75, 3.05) is 0 Å². The molecular formula is C16H32O2. The Labute approximate surface area is 113 Å². The largest absolute Gasteiger partial charge is 0.463 e. The predicted molar refractivity (Wildman–Crippen MR) is 77.6 cm³/mol. The zero-order valence-electron chi connectivity index (χ0n) is 12.8. The van der Waals surface area contributed by atoms with Gasteiger partial charge in [0.15, 0.2) is 0 Å². The molecule has 0 radical (unpaired) electrons. The highest BCUT2D eigenvalue weighted by molar-refractivity contribution is 5.69. The van der Waals surface area contributed by atoms with Gasteiger partial charge >= 0.3 is 5.97 Å². The molecule has 0 aliphatic heterocycles. The van der Waals surface area contributed by atoms with E-state index in [1.165, 1.54) is 38.5 Å². The maximum absolute atomic E-state index is 11.3. The predicted octanol–water partition coefficient (Wildman–Crippen LogP) is 5.10. The molecule has 108 valence electrons. The average Bonchev–Trinajstić information content (AvgIpc) is 2.31. The highest BCUT2D eigenvalue weighted by atomic mass is 16.5. The van der Waals surface area contributed by atoms with Gasteiger partial charge in [-0.2, -0.15) is 0 Å². The van der Waals surface area contributed by atoms with Crippen LogP contribution in [0.4, 0.5) is 0 Å². The lowest BCUT2D eigenvalue weighted by atomic mass is 10.00. The van der Waals surface area contributed by atoms with E-state index in [9.17, 15) is 4.79 Å². The minimum atomic E-state index is -0.0400. The highest BCUT2D eigenvalue weighted by Crippen LogP contribution is 2.14. The van der Waals surface area contributed by atoms with Crippen LogP contribution in [0, 0.1) is 5.92 Å². The summed E-state index contributed by atoms with van der Waals surface area (Å²) in [5.74, 6) is 0.845. The fourth-order valence-corrected chi connectivity index (χ4v) is 2.00. The maximum Gasteiger partial charge on any atom is 0.306 e.